The fraction of sp³-hybridized carbons (Fsp3) is 0.143. The van der Waals surface area contributed by atoms with Gasteiger partial charge >= 0.3 is 0 Å². The van der Waals surface area contributed by atoms with Crippen LogP contribution in [0.25, 0.3) is 0 Å². The first-order valence-electron chi connectivity index (χ1n) is 6.16. The summed E-state index contributed by atoms with van der Waals surface area (Å²) < 4.78 is 0. The molecule has 0 aromatic heterocycles. The van der Waals surface area contributed by atoms with Gasteiger partial charge in [0.25, 0.3) is 11.4 Å². The van der Waals surface area contributed by atoms with Crippen LogP contribution >= 0.6 is 23.2 Å². The third-order valence-electron chi connectivity index (χ3n) is 3.11. The molecule has 2 aromatic rings. The molecule has 0 radical (unpaired) electrons. The van der Waals surface area contributed by atoms with Crippen molar-refractivity contribution in [3.63, 3.8) is 0 Å². The summed E-state index contributed by atoms with van der Waals surface area (Å²) in [6, 6.07) is 7.53. The molecule has 2 aromatic carbocycles. The van der Waals surface area contributed by atoms with Gasteiger partial charge in [0.2, 0.25) is 0 Å². The third-order valence-corrected chi connectivity index (χ3v) is 3.92. The van der Waals surface area contributed by atoms with Crippen molar-refractivity contribution in [2.24, 2.45) is 0 Å². The lowest BCUT2D eigenvalue weighted by atomic mass is 10.0. The van der Waals surface area contributed by atoms with Crippen molar-refractivity contribution in [3.05, 3.63) is 77.3 Å². The Hall–Kier alpha value is -2.18. The van der Waals surface area contributed by atoms with Crippen LogP contribution in [0.5, 0.6) is 0 Å². The van der Waals surface area contributed by atoms with Crippen molar-refractivity contribution in [2.45, 2.75) is 13.3 Å². The Bertz CT molecular complexity index is 778. The van der Waals surface area contributed by atoms with Gasteiger partial charge in [-0.05, 0) is 36.1 Å². The Morgan fingerprint density at radius 1 is 0.955 bits per heavy atom. The minimum absolute atomic E-state index is 0.0482. The molecule has 0 aliphatic rings. The van der Waals surface area contributed by atoms with Gasteiger partial charge in [-0.2, -0.15) is 0 Å². The van der Waals surface area contributed by atoms with Crippen molar-refractivity contribution in [2.75, 3.05) is 0 Å². The van der Waals surface area contributed by atoms with Crippen molar-refractivity contribution < 1.29 is 9.85 Å². The number of nitro benzene ring substituents is 2. The monoisotopic (exact) mass is 340 g/mol. The van der Waals surface area contributed by atoms with Crippen LogP contribution in [-0.2, 0) is 6.42 Å². The minimum atomic E-state index is -0.568. The summed E-state index contributed by atoms with van der Waals surface area (Å²) in [5.41, 5.74) is 1.48. The Labute approximate surface area is 135 Å². The van der Waals surface area contributed by atoms with Gasteiger partial charge in [-0.1, -0.05) is 35.3 Å². The highest BCUT2D eigenvalue weighted by Crippen LogP contribution is 2.31. The summed E-state index contributed by atoms with van der Waals surface area (Å²) in [4.78, 5) is 20.7. The standard InChI is InChI=1S/C14H10Cl2N2O4/c1-8-4-10(7-13(14(8)16)18(21)22)5-9-2-3-11(15)12(6-9)17(19)20/h2-4,6-7H,5H2,1H3. The summed E-state index contributed by atoms with van der Waals surface area (Å²) in [5, 5.41) is 22.0. The van der Waals surface area contributed by atoms with E-state index in [1.54, 1.807) is 19.1 Å². The highest BCUT2D eigenvalue weighted by Gasteiger charge is 2.17. The van der Waals surface area contributed by atoms with Crippen LogP contribution in [0.15, 0.2) is 30.3 Å². The van der Waals surface area contributed by atoms with Crippen molar-refractivity contribution in [3.8, 4) is 0 Å². The highest BCUT2D eigenvalue weighted by molar-refractivity contribution is 6.33. The number of aryl methyl sites for hydroxylation is 1. The van der Waals surface area contributed by atoms with E-state index in [1.807, 2.05) is 0 Å². The molecular formula is C14H10Cl2N2O4. The molecule has 0 amide bonds. The molecule has 0 atom stereocenters. The molecule has 0 bridgehead atoms. The Balaban J connectivity index is 2.41. The van der Waals surface area contributed by atoms with Gasteiger partial charge in [0.1, 0.15) is 10.0 Å². The molecule has 0 spiro atoms. The first-order valence-corrected chi connectivity index (χ1v) is 6.91. The van der Waals surface area contributed by atoms with Crippen molar-refractivity contribution >= 4 is 34.6 Å². The number of benzene rings is 2. The number of hydrogen-bond donors (Lipinski definition) is 0. The molecule has 22 heavy (non-hydrogen) atoms. The molecule has 0 aliphatic heterocycles. The average molecular weight is 341 g/mol. The van der Waals surface area contributed by atoms with Crippen LogP contribution in [0.2, 0.25) is 10.0 Å². The molecule has 8 heteroatoms. The van der Waals surface area contributed by atoms with Gasteiger partial charge in [0.15, 0.2) is 0 Å². The lowest BCUT2D eigenvalue weighted by Gasteiger charge is -2.06. The number of nitrogens with zero attached hydrogens (tertiary/aromatic N) is 2. The molecule has 0 N–H and O–H groups in total. The van der Waals surface area contributed by atoms with Gasteiger partial charge < -0.3 is 0 Å². The van der Waals surface area contributed by atoms with E-state index in [0.29, 0.717) is 23.1 Å². The summed E-state index contributed by atoms with van der Waals surface area (Å²) >= 11 is 11.7. The molecule has 114 valence electrons. The highest BCUT2D eigenvalue weighted by atomic mass is 35.5. The van der Waals surface area contributed by atoms with Crippen LogP contribution in [0.3, 0.4) is 0 Å². The van der Waals surface area contributed by atoms with Gasteiger partial charge in [0, 0.05) is 12.1 Å². The maximum absolute atomic E-state index is 11.0. The second-order valence-electron chi connectivity index (χ2n) is 4.72. The largest absolute Gasteiger partial charge is 0.288 e. The maximum atomic E-state index is 11.0. The topological polar surface area (TPSA) is 86.3 Å². The van der Waals surface area contributed by atoms with Gasteiger partial charge in [-0.3, -0.25) is 20.2 Å². The second-order valence-corrected chi connectivity index (χ2v) is 5.51. The SMILES string of the molecule is Cc1cc(Cc2ccc(Cl)c([N+](=O)[O-])c2)cc([N+](=O)[O-])c1Cl. The fourth-order valence-electron chi connectivity index (χ4n) is 2.10. The Morgan fingerprint density at radius 3 is 2.14 bits per heavy atom. The van der Waals surface area contributed by atoms with Gasteiger partial charge in [-0.15, -0.1) is 0 Å². The van der Waals surface area contributed by atoms with Crippen LogP contribution < -0.4 is 0 Å². The molecular weight excluding hydrogens is 331 g/mol. The predicted octanol–water partition coefficient (Wildman–Crippen LogP) is 4.71. The molecule has 0 aliphatic carbocycles. The van der Waals surface area contributed by atoms with E-state index in [-0.39, 0.29) is 21.4 Å². The van der Waals surface area contributed by atoms with E-state index < -0.39 is 9.85 Å². The van der Waals surface area contributed by atoms with E-state index >= 15 is 0 Å². The summed E-state index contributed by atoms with van der Waals surface area (Å²) in [6.07, 6.45) is 0.302. The molecule has 0 fully saturated rings. The van der Waals surface area contributed by atoms with Crippen LogP contribution in [-0.4, -0.2) is 9.85 Å². The number of hydrogen-bond acceptors (Lipinski definition) is 4. The molecule has 6 nitrogen and oxygen atoms in total. The van der Waals surface area contributed by atoms with E-state index in [9.17, 15) is 20.2 Å². The summed E-state index contributed by atoms with van der Waals surface area (Å²) in [5.74, 6) is 0. The zero-order valence-electron chi connectivity index (χ0n) is 11.4. The van der Waals surface area contributed by atoms with Crippen molar-refractivity contribution in [1.82, 2.24) is 0 Å². The van der Waals surface area contributed by atoms with E-state index in [4.69, 9.17) is 23.2 Å². The fourth-order valence-corrected chi connectivity index (χ4v) is 2.47. The van der Waals surface area contributed by atoms with E-state index in [1.165, 1.54) is 18.2 Å². The van der Waals surface area contributed by atoms with E-state index in [2.05, 4.69) is 0 Å². The van der Waals surface area contributed by atoms with Crippen LogP contribution in [0.4, 0.5) is 11.4 Å². The number of nitro groups is 2. The maximum Gasteiger partial charge on any atom is 0.288 e. The van der Waals surface area contributed by atoms with Crippen LogP contribution in [0, 0.1) is 27.2 Å². The lowest BCUT2D eigenvalue weighted by molar-refractivity contribution is -0.384. The minimum Gasteiger partial charge on any atom is -0.258 e. The lowest BCUT2D eigenvalue weighted by Crippen LogP contribution is -1.97. The van der Waals surface area contributed by atoms with E-state index in [0.717, 1.165) is 0 Å². The first-order chi connectivity index (χ1) is 10.3. The second kappa shape index (κ2) is 6.29. The zero-order chi connectivity index (χ0) is 16.4. The number of halogens is 2. The quantitative estimate of drug-likeness (QED) is 0.595. The van der Waals surface area contributed by atoms with Gasteiger partial charge in [0.05, 0.1) is 9.85 Å². The Kier molecular flexibility index (Phi) is 4.63. The molecule has 2 rings (SSSR count). The molecule has 0 unspecified atom stereocenters. The first kappa shape index (κ1) is 16.2. The average Bonchev–Trinajstić information content (AvgIpc) is 2.44. The molecule has 0 saturated carbocycles. The number of rotatable bonds is 4. The van der Waals surface area contributed by atoms with Crippen molar-refractivity contribution in [1.29, 1.82) is 0 Å². The Morgan fingerprint density at radius 2 is 1.55 bits per heavy atom. The summed E-state index contributed by atoms with van der Waals surface area (Å²) in [6.45, 7) is 1.67. The van der Waals surface area contributed by atoms with Crippen LogP contribution in [0.1, 0.15) is 16.7 Å². The molecule has 0 heterocycles. The normalized spacial score (nSPS) is 10.5. The molecule has 0 saturated heterocycles. The zero-order valence-corrected chi connectivity index (χ0v) is 12.9. The predicted molar refractivity (Wildman–Crippen MR) is 83.8 cm³/mol. The summed E-state index contributed by atoms with van der Waals surface area (Å²) in [7, 11) is 0. The van der Waals surface area contributed by atoms with Gasteiger partial charge in [-0.25, -0.2) is 0 Å². The third kappa shape index (κ3) is 3.35. The smallest absolute Gasteiger partial charge is 0.258 e.